The summed E-state index contributed by atoms with van der Waals surface area (Å²) in [5.74, 6) is 1.59. The third-order valence-corrected chi connectivity index (χ3v) is 3.64. The zero-order valence-electron chi connectivity index (χ0n) is 13.9. The first kappa shape index (κ1) is 16.2. The van der Waals surface area contributed by atoms with Gasteiger partial charge in [-0.2, -0.15) is 0 Å². The fraction of sp³-hybridized carbons (Fsp3) is 0.368. The van der Waals surface area contributed by atoms with E-state index in [4.69, 9.17) is 9.47 Å². The Morgan fingerprint density at radius 2 is 1.73 bits per heavy atom. The predicted octanol–water partition coefficient (Wildman–Crippen LogP) is 4.71. The van der Waals surface area contributed by atoms with Gasteiger partial charge in [0, 0.05) is 12.2 Å². The molecule has 0 aliphatic carbocycles. The van der Waals surface area contributed by atoms with Crippen molar-refractivity contribution in [1.82, 2.24) is 0 Å². The van der Waals surface area contributed by atoms with Crippen LogP contribution in [0.5, 0.6) is 11.5 Å². The molecule has 2 aromatic carbocycles. The lowest BCUT2D eigenvalue weighted by Gasteiger charge is -2.15. The highest BCUT2D eigenvalue weighted by molar-refractivity contribution is 5.57. The number of ether oxygens (including phenoxy) is 2. The van der Waals surface area contributed by atoms with Gasteiger partial charge in [-0.05, 0) is 49.1 Å². The molecule has 0 unspecified atom stereocenters. The Morgan fingerprint density at radius 1 is 1.00 bits per heavy atom. The van der Waals surface area contributed by atoms with Gasteiger partial charge in [0.05, 0.1) is 13.7 Å². The number of hydrogen-bond acceptors (Lipinski definition) is 3. The third kappa shape index (κ3) is 3.94. The predicted molar refractivity (Wildman–Crippen MR) is 92.0 cm³/mol. The first-order valence-corrected chi connectivity index (χ1v) is 7.75. The maximum absolute atomic E-state index is 5.76. The Labute approximate surface area is 133 Å². The molecule has 0 amide bonds. The van der Waals surface area contributed by atoms with Crippen molar-refractivity contribution >= 4 is 5.69 Å². The zero-order chi connectivity index (χ0) is 15.9. The van der Waals surface area contributed by atoms with Crippen LogP contribution in [0.4, 0.5) is 5.69 Å². The van der Waals surface area contributed by atoms with E-state index < -0.39 is 0 Å². The number of benzene rings is 2. The molecular formula is C19H25NO2. The molecule has 0 spiro atoms. The first-order chi connectivity index (χ1) is 10.7. The van der Waals surface area contributed by atoms with Crippen molar-refractivity contribution in [2.45, 2.75) is 33.7 Å². The fourth-order valence-electron chi connectivity index (χ4n) is 2.44. The normalized spacial score (nSPS) is 10.4. The van der Waals surface area contributed by atoms with Gasteiger partial charge < -0.3 is 14.8 Å². The molecule has 3 heteroatoms. The summed E-state index contributed by atoms with van der Waals surface area (Å²) in [6, 6.07) is 12.4. The molecule has 0 radical (unpaired) electrons. The second-order valence-electron chi connectivity index (χ2n) is 5.45. The van der Waals surface area contributed by atoms with Gasteiger partial charge >= 0.3 is 0 Å². The molecule has 0 aliphatic rings. The first-order valence-electron chi connectivity index (χ1n) is 7.75. The highest BCUT2D eigenvalue weighted by Gasteiger charge is 2.07. The van der Waals surface area contributed by atoms with Crippen molar-refractivity contribution in [3.63, 3.8) is 0 Å². The average Bonchev–Trinajstić information content (AvgIpc) is 2.52. The fourth-order valence-corrected chi connectivity index (χ4v) is 2.44. The molecule has 0 saturated carbocycles. The molecule has 0 bridgehead atoms. The summed E-state index contributed by atoms with van der Waals surface area (Å²) in [7, 11) is 1.67. The van der Waals surface area contributed by atoms with Gasteiger partial charge in [0.2, 0.25) is 0 Å². The summed E-state index contributed by atoms with van der Waals surface area (Å²) in [5, 5.41) is 3.52. The maximum atomic E-state index is 5.76. The Balaban J connectivity index is 2.12. The van der Waals surface area contributed by atoms with Gasteiger partial charge in [-0.25, -0.2) is 0 Å². The summed E-state index contributed by atoms with van der Waals surface area (Å²) in [4.78, 5) is 0. The van der Waals surface area contributed by atoms with Gasteiger partial charge in [0.25, 0.3) is 0 Å². The Kier molecular flexibility index (Phi) is 5.70. The molecule has 0 atom stereocenters. The molecular weight excluding hydrogens is 274 g/mol. The van der Waals surface area contributed by atoms with Crippen molar-refractivity contribution in [2.24, 2.45) is 0 Å². The monoisotopic (exact) mass is 299 g/mol. The number of nitrogens with one attached hydrogen (secondary N) is 1. The quantitative estimate of drug-likeness (QED) is 0.803. The van der Waals surface area contributed by atoms with Gasteiger partial charge in [-0.3, -0.25) is 0 Å². The number of anilines is 1. The van der Waals surface area contributed by atoms with E-state index in [-0.39, 0.29) is 0 Å². The van der Waals surface area contributed by atoms with E-state index in [1.165, 1.54) is 22.4 Å². The van der Waals surface area contributed by atoms with E-state index in [1.807, 2.05) is 6.07 Å². The van der Waals surface area contributed by atoms with Crippen LogP contribution in [0.25, 0.3) is 0 Å². The molecule has 1 N–H and O–H groups in total. The van der Waals surface area contributed by atoms with E-state index >= 15 is 0 Å². The Hall–Kier alpha value is -2.16. The van der Waals surface area contributed by atoms with E-state index in [0.29, 0.717) is 6.61 Å². The van der Waals surface area contributed by atoms with Gasteiger partial charge in [-0.15, -0.1) is 0 Å². The van der Waals surface area contributed by atoms with Crippen molar-refractivity contribution < 1.29 is 9.47 Å². The number of rotatable bonds is 7. The number of methoxy groups -OCH3 is 1. The van der Waals surface area contributed by atoms with E-state index in [1.54, 1.807) is 7.11 Å². The maximum Gasteiger partial charge on any atom is 0.161 e. The summed E-state index contributed by atoms with van der Waals surface area (Å²) in [6.45, 7) is 7.81. The Bertz CT molecular complexity index is 603. The summed E-state index contributed by atoms with van der Waals surface area (Å²) in [6.07, 6.45) is 0.980. The molecule has 22 heavy (non-hydrogen) atoms. The smallest absolute Gasteiger partial charge is 0.161 e. The van der Waals surface area contributed by atoms with Crippen LogP contribution >= 0.6 is 0 Å². The number of para-hydroxylation sites is 1. The summed E-state index contributed by atoms with van der Waals surface area (Å²) >= 11 is 0. The van der Waals surface area contributed by atoms with Gasteiger partial charge in [0.15, 0.2) is 11.5 Å². The van der Waals surface area contributed by atoms with Crippen LogP contribution in [0.15, 0.2) is 36.4 Å². The summed E-state index contributed by atoms with van der Waals surface area (Å²) in [5.41, 5.74) is 4.90. The topological polar surface area (TPSA) is 30.5 Å². The SMILES string of the molecule is CCCOc1cc(CNc2c(C)cccc2C)ccc1OC. The Morgan fingerprint density at radius 3 is 2.36 bits per heavy atom. The van der Waals surface area contributed by atoms with Gasteiger partial charge in [-0.1, -0.05) is 31.2 Å². The third-order valence-electron chi connectivity index (χ3n) is 3.64. The van der Waals surface area contributed by atoms with Crippen LogP contribution in [0.3, 0.4) is 0 Å². The van der Waals surface area contributed by atoms with Crippen LogP contribution in [-0.4, -0.2) is 13.7 Å². The average molecular weight is 299 g/mol. The number of hydrogen-bond donors (Lipinski definition) is 1. The minimum atomic E-state index is 0.699. The molecule has 2 aromatic rings. The number of aryl methyl sites for hydroxylation is 2. The minimum Gasteiger partial charge on any atom is -0.493 e. The van der Waals surface area contributed by atoms with Crippen LogP contribution in [-0.2, 0) is 6.54 Å². The lowest BCUT2D eigenvalue weighted by molar-refractivity contribution is 0.294. The van der Waals surface area contributed by atoms with Crippen LogP contribution in [0.1, 0.15) is 30.0 Å². The molecule has 0 aromatic heterocycles. The van der Waals surface area contributed by atoms with Crippen molar-refractivity contribution in [1.29, 1.82) is 0 Å². The molecule has 3 nitrogen and oxygen atoms in total. The molecule has 0 fully saturated rings. The summed E-state index contributed by atoms with van der Waals surface area (Å²) < 4.78 is 11.1. The molecule has 0 heterocycles. The highest BCUT2D eigenvalue weighted by Crippen LogP contribution is 2.29. The van der Waals surface area contributed by atoms with Crippen LogP contribution in [0.2, 0.25) is 0 Å². The zero-order valence-corrected chi connectivity index (χ0v) is 13.9. The van der Waals surface area contributed by atoms with Crippen molar-refractivity contribution in [3.8, 4) is 11.5 Å². The van der Waals surface area contributed by atoms with Crippen LogP contribution < -0.4 is 14.8 Å². The highest BCUT2D eigenvalue weighted by atomic mass is 16.5. The van der Waals surface area contributed by atoms with E-state index in [0.717, 1.165) is 24.5 Å². The largest absolute Gasteiger partial charge is 0.493 e. The minimum absolute atomic E-state index is 0.699. The molecule has 118 valence electrons. The van der Waals surface area contributed by atoms with Crippen LogP contribution in [0, 0.1) is 13.8 Å². The lowest BCUT2D eigenvalue weighted by atomic mass is 10.1. The molecule has 2 rings (SSSR count). The lowest BCUT2D eigenvalue weighted by Crippen LogP contribution is -2.04. The standard InChI is InChI=1S/C19H25NO2/c1-5-11-22-18-12-16(9-10-17(18)21-4)13-20-19-14(2)7-6-8-15(19)3/h6-10,12,20H,5,11,13H2,1-4H3. The van der Waals surface area contributed by atoms with Crippen molar-refractivity contribution in [3.05, 3.63) is 53.1 Å². The molecule has 0 saturated heterocycles. The molecule has 0 aliphatic heterocycles. The van der Waals surface area contributed by atoms with Gasteiger partial charge in [0.1, 0.15) is 0 Å². The van der Waals surface area contributed by atoms with E-state index in [2.05, 4.69) is 56.4 Å². The van der Waals surface area contributed by atoms with Crippen molar-refractivity contribution in [2.75, 3.05) is 19.0 Å². The van der Waals surface area contributed by atoms with E-state index in [9.17, 15) is 0 Å². The second kappa shape index (κ2) is 7.74. The second-order valence-corrected chi connectivity index (χ2v) is 5.45.